The average Bonchev–Trinajstić information content (AvgIpc) is 2.33. The monoisotopic (exact) mass is 348 g/mol. The topological polar surface area (TPSA) is 73.0 Å². The van der Waals surface area contributed by atoms with Gasteiger partial charge in [0, 0.05) is 22.2 Å². The first kappa shape index (κ1) is 15.6. The van der Waals surface area contributed by atoms with E-state index in [0.29, 0.717) is 19.8 Å². The molecule has 2 N–H and O–H groups in total. The minimum absolute atomic E-state index is 0.0577. The molecule has 4 nitrogen and oxygen atoms in total. The maximum absolute atomic E-state index is 11.5. The van der Waals surface area contributed by atoms with Gasteiger partial charge in [0.25, 0.3) is 0 Å². The van der Waals surface area contributed by atoms with Crippen molar-refractivity contribution in [1.82, 2.24) is 4.98 Å². The third-order valence-electron chi connectivity index (χ3n) is 2.41. The highest BCUT2D eigenvalue weighted by molar-refractivity contribution is 8.00. The van der Waals surface area contributed by atoms with Crippen LogP contribution < -0.4 is 5.14 Å². The summed E-state index contributed by atoms with van der Waals surface area (Å²) >= 11 is 13.4. The van der Waals surface area contributed by atoms with Crippen LogP contribution in [0.15, 0.2) is 45.3 Å². The van der Waals surface area contributed by atoms with Crippen molar-refractivity contribution in [3.63, 3.8) is 0 Å². The minimum atomic E-state index is -3.86. The van der Waals surface area contributed by atoms with E-state index in [1.807, 2.05) is 6.92 Å². The molecule has 1 aromatic heterocycles. The summed E-state index contributed by atoms with van der Waals surface area (Å²) in [5, 5.41) is 6.08. The maximum atomic E-state index is 11.5. The number of primary sulfonamides is 1. The van der Waals surface area contributed by atoms with Crippen LogP contribution in [0.4, 0.5) is 0 Å². The summed E-state index contributed by atoms with van der Waals surface area (Å²) in [4.78, 5) is 4.72. The molecule has 0 atom stereocenters. The van der Waals surface area contributed by atoms with Gasteiger partial charge in [0.1, 0.15) is 4.90 Å². The van der Waals surface area contributed by atoms with E-state index in [9.17, 15) is 8.42 Å². The largest absolute Gasteiger partial charge is 0.263 e. The first-order valence-electron chi connectivity index (χ1n) is 5.39. The Morgan fingerprint density at radius 1 is 1.25 bits per heavy atom. The fraction of sp³-hybridized carbons (Fsp3) is 0.0833. The molecule has 0 aliphatic carbocycles. The Labute approximate surface area is 131 Å². The number of benzene rings is 1. The molecule has 0 radical (unpaired) electrons. The number of nitrogens with zero attached hydrogens (tertiary/aromatic N) is 1. The fourth-order valence-electron chi connectivity index (χ4n) is 1.56. The molecular weight excluding hydrogens is 339 g/mol. The van der Waals surface area contributed by atoms with Gasteiger partial charge in [-0.3, -0.25) is 4.98 Å². The van der Waals surface area contributed by atoms with Gasteiger partial charge < -0.3 is 0 Å². The zero-order valence-corrected chi connectivity index (χ0v) is 13.4. The molecule has 0 spiro atoms. The van der Waals surface area contributed by atoms with Gasteiger partial charge in [-0.2, -0.15) is 0 Å². The fourth-order valence-corrected chi connectivity index (χ4v) is 4.23. The van der Waals surface area contributed by atoms with E-state index in [1.54, 1.807) is 18.2 Å². The van der Waals surface area contributed by atoms with Crippen molar-refractivity contribution >= 4 is 45.0 Å². The molecule has 1 heterocycles. The second-order valence-corrected chi connectivity index (χ2v) is 7.42. The van der Waals surface area contributed by atoms with Gasteiger partial charge >= 0.3 is 0 Å². The Balaban J connectivity index is 2.52. The van der Waals surface area contributed by atoms with Crippen LogP contribution in [0.25, 0.3) is 0 Å². The van der Waals surface area contributed by atoms with Crippen molar-refractivity contribution in [3.8, 4) is 0 Å². The van der Waals surface area contributed by atoms with Gasteiger partial charge in [0.2, 0.25) is 10.0 Å². The second-order valence-electron chi connectivity index (χ2n) is 4.03. The van der Waals surface area contributed by atoms with Crippen LogP contribution >= 0.6 is 35.0 Å². The summed E-state index contributed by atoms with van der Waals surface area (Å²) in [6.07, 6.45) is 2.68. The van der Waals surface area contributed by atoms with Gasteiger partial charge in [-0.1, -0.05) is 35.0 Å². The van der Waals surface area contributed by atoms with Crippen LogP contribution in [0.3, 0.4) is 0 Å². The smallest absolute Gasteiger partial charge is 0.240 e. The maximum Gasteiger partial charge on any atom is 0.240 e. The predicted molar refractivity (Wildman–Crippen MR) is 80.9 cm³/mol. The van der Waals surface area contributed by atoms with E-state index in [4.69, 9.17) is 28.3 Å². The lowest BCUT2D eigenvalue weighted by Crippen LogP contribution is -2.13. The second kappa shape index (κ2) is 5.91. The number of pyridine rings is 1. The number of sulfonamides is 1. The third kappa shape index (κ3) is 3.45. The normalized spacial score (nSPS) is 11.6. The van der Waals surface area contributed by atoms with Crippen LogP contribution in [0.5, 0.6) is 0 Å². The number of nitrogens with two attached hydrogens (primary N) is 1. The van der Waals surface area contributed by atoms with E-state index in [-0.39, 0.29) is 4.90 Å². The SMILES string of the molecule is Cc1cc(Cl)c(Sc2ccncc2S(N)(=O)=O)c(Cl)c1. The lowest BCUT2D eigenvalue weighted by atomic mass is 10.2. The number of hydrogen-bond acceptors (Lipinski definition) is 4. The van der Waals surface area contributed by atoms with Gasteiger partial charge in [-0.05, 0) is 30.7 Å². The molecule has 0 bridgehead atoms. The van der Waals surface area contributed by atoms with Crippen molar-refractivity contribution in [1.29, 1.82) is 0 Å². The molecule has 0 amide bonds. The summed E-state index contributed by atoms with van der Waals surface area (Å²) in [5.41, 5.74) is 0.922. The van der Waals surface area contributed by atoms with E-state index in [0.717, 1.165) is 17.3 Å². The minimum Gasteiger partial charge on any atom is -0.263 e. The Morgan fingerprint density at radius 3 is 2.40 bits per heavy atom. The molecule has 8 heteroatoms. The molecule has 0 saturated heterocycles. The van der Waals surface area contributed by atoms with Crippen molar-refractivity contribution in [3.05, 3.63) is 46.2 Å². The summed E-state index contributed by atoms with van der Waals surface area (Å²) in [7, 11) is -3.86. The molecule has 0 fully saturated rings. The molecule has 0 aliphatic rings. The standard InChI is InChI=1S/C12H10Cl2N2O2S2/c1-7-4-8(13)12(9(14)5-7)19-10-2-3-16-6-11(10)20(15,17)18/h2-6H,1H3,(H2,15,17,18). The molecule has 20 heavy (non-hydrogen) atoms. The van der Waals surface area contributed by atoms with E-state index >= 15 is 0 Å². The highest BCUT2D eigenvalue weighted by Gasteiger charge is 2.17. The summed E-state index contributed by atoms with van der Waals surface area (Å²) in [6, 6.07) is 5.07. The van der Waals surface area contributed by atoms with E-state index in [1.165, 1.54) is 12.4 Å². The predicted octanol–water partition coefficient (Wildman–Crippen LogP) is 3.50. The lowest BCUT2D eigenvalue weighted by Gasteiger charge is -2.10. The van der Waals surface area contributed by atoms with Crippen LogP contribution in [-0.2, 0) is 10.0 Å². The number of aromatic nitrogens is 1. The third-order valence-corrected chi connectivity index (χ3v) is 5.52. The molecule has 0 saturated carbocycles. The lowest BCUT2D eigenvalue weighted by molar-refractivity contribution is 0.595. The number of aryl methyl sites for hydroxylation is 1. The van der Waals surface area contributed by atoms with E-state index < -0.39 is 10.0 Å². The zero-order chi connectivity index (χ0) is 14.9. The van der Waals surface area contributed by atoms with Crippen LogP contribution in [0, 0.1) is 6.92 Å². The molecule has 2 rings (SSSR count). The molecule has 0 unspecified atom stereocenters. The van der Waals surface area contributed by atoms with Crippen LogP contribution in [0.2, 0.25) is 10.0 Å². The van der Waals surface area contributed by atoms with Crippen molar-refractivity contribution in [2.24, 2.45) is 5.14 Å². The Kier molecular flexibility index (Phi) is 4.61. The van der Waals surface area contributed by atoms with Gasteiger partial charge in [0.15, 0.2) is 0 Å². The number of halogens is 2. The van der Waals surface area contributed by atoms with Crippen molar-refractivity contribution in [2.45, 2.75) is 21.6 Å². The quantitative estimate of drug-likeness (QED) is 0.921. The zero-order valence-electron chi connectivity index (χ0n) is 10.3. The summed E-state index contributed by atoms with van der Waals surface area (Å²) < 4.78 is 23.1. The molecule has 2 aromatic rings. The number of hydrogen-bond donors (Lipinski definition) is 1. The van der Waals surface area contributed by atoms with Gasteiger partial charge in [-0.15, -0.1) is 0 Å². The van der Waals surface area contributed by atoms with Crippen LogP contribution in [-0.4, -0.2) is 13.4 Å². The van der Waals surface area contributed by atoms with Crippen molar-refractivity contribution < 1.29 is 8.42 Å². The van der Waals surface area contributed by atoms with Crippen LogP contribution in [0.1, 0.15) is 5.56 Å². The summed E-state index contributed by atoms with van der Waals surface area (Å²) in [5.74, 6) is 0. The van der Waals surface area contributed by atoms with Crippen molar-refractivity contribution in [2.75, 3.05) is 0 Å². The Hall–Kier alpha value is -0.790. The first-order chi connectivity index (χ1) is 9.29. The Morgan fingerprint density at radius 2 is 1.85 bits per heavy atom. The molecule has 0 aliphatic heterocycles. The molecule has 106 valence electrons. The highest BCUT2D eigenvalue weighted by Crippen LogP contribution is 2.40. The molecular formula is C12H10Cl2N2O2S2. The molecule has 1 aromatic carbocycles. The first-order valence-corrected chi connectivity index (χ1v) is 8.51. The van der Waals surface area contributed by atoms with E-state index in [2.05, 4.69) is 4.98 Å². The Bertz CT molecular complexity index is 741. The summed E-state index contributed by atoms with van der Waals surface area (Å²) in [6.45, 7) is 1.87. The number of rotatable bonds is 3. The van der Waals surface area contributed by atoms with Gasteiger partial charge in [0.05, 0.1) is 10.0 Å². The van der Waals surface area contributed by atoms with Gasteiger partial charge in [-0.25, -0.2) is 13.6 Å². The highest BCUT2D eigenvalue weighted by atomic mass is 35.5. The average molecular weight is 349 g/mol.